The van der Waals surface area contributed by atoms with Crippen molar-refractivity contribution in [1.82, 2.24) is 19.7 Å². The van der Waals surface area contributed by atoms with E-state index in [-0.39, 0.29) is 5.56 Å². The topological polar surface area (TPSA) is 72.8 Å². The van der Waals surface area contributed by atoms with E-state index in [1.165, 1.54) is 0 Å². The summed E-state index contributed by atoms with van der Waals surface area (Å²) in [6, 6.07) is 13.5. The molecule has 2 aromatic carbocycles. The number of hydrogen-bond acceptors (Lipinski definition) is 4. The summed E-state index contributed by atoms with van der Waals surface area (Å²) < 4.78 is 6.82. The second-order valence-corrected chi connectivity index (χ2v) is 6.06. The minimum atomic E-state index is -0.0257. The molecule has 0 aliphatic carbocycles. The maximum absolute atomic E-state index is 12.7. The maximum Gasteiger partial charge on any atom is 0.261 e. The Balaban J connectivity index is 1.59. The normalized spacial score (nSPS) is 11.0. The van der Waals surface area contributed by atoms with Crippen molar-refractivity contribution < 1.29 is 4.74 Å². The molecule has 6 heteroatoms. The van der Waals surface area contributed by atoms with E-state index in [9.17, 15) is 4.79 Å². The Morgan fingerprint density at radius 2 is 1.96 bits per heavy atom. The first-order valence-electron chi connectivity index (χ1n) is 8.36. The smallest absolute Gasteiger partial charge is 0.261 e. The predicted octanol–water partition coefficient (Wildman–Crippen LogP) is 3.04. The fraction of sp³-hybridized carbons (Fsp3) is 0.150. The van der Waals surface area contributed by atoms with Gasteiger partial charge < -0.3 is 4.74 Å². The van der Waals surface area contributed by atoms with Gasteiger partial charge in [-0.25, -0.2) is 4.98 Å². The predicted molar refractivity (Wildman–Crippen MR) is 100 cm³/mol. The molecule has 0 aliphatic rings. The molecule has 130 valence electrons. The van der Waals surface area contributed by atoms with Crippen molar-refractivity contribution in [2.75, 3.05) is 7.11 Å². The first kappa shape index (κ1) is 16.1. The van der Waals surface area contributed by atoms with Crippen molar-refractivity contribution >= 4 is 10.9 Å². The van der Waals surface area contributed by atoms with E-state index in [1.807, 2.05) is 48.7 Å². The third-order valence-electron chi connectivity index (χ3n) is 4.46. The average molecular weight is 346 g/mol. The molecule has 1 N–H and O–H groups in total. The van der Waals surface area contributed by atoms with Crippen LogP contribution in [0.25, 0.3) is 22.0 Å². The molecule has 0 radical (unpaired) electrons. The lowest BCUT2D eigenvalue weighted by Gasteiger charge is -2.08. The Morgan fingerprint density at radius 3 is 2.69 bits per heavy atom. The molecule has 6 nitrogen and oxygen atoms in total. The summed E-state index contributed by atoms with van der Waals surface area (Å²) in [6.07, 6.45) is 5.94. The highest BCUT2D eigenvalue weighted by Gasteiger charge is 2.07. The van der Waals surface area contributed by atoms with Crippen LogP contribution < -0.4 is 10.3 Å². The first-order chi connectivity index (χ1) is 12.7. The Kier molecular flexibility index (Phi) is 4.23. The SMILES string of the molecule is COc1ccc(CCn2cnc3cc(-c4cn[nH]c4)ccc3c2=O)cc1. The number of aromatic amines is 1. The van der Waals surface area contributed by atoms with Crippen LogP contribution in [0.3, 0.4) is 0 Å². The van der Waals surface area contributed by atoms with Gasteiger partial charge in [0.1, 0.15) is 5.75 Å². The highest BCUT2D eigenvalue weighted by molar-refractivity contribution is 5.83. The van der Waals surface area contributed by atoms with Gasteiger partial charge in [-0.1, -0.05) is 18.2 Å². The molecule has 2 aromatic heterocycles. The van der Waals surface area contributed by atoms with Gasteiger partial charge in [-0.15, -0.1) is 0 Å². The molecule has 0 bridgehead atoms. The molecule has 2 heterocycles. The molecule has 0 aliphatic heterocycles. The third-order valence-corrected chi connectivity index (χ3v) is 4.46. The molecule has 4 aromatic rings. The molecular weight excluding hydrogens is 328 g/mol. The fourth-order valence-electron chi connectivity index (χ4n) is 2.95. The summed E-state index contributed by atoms with van der Waals surface area (Å²) in [4.78, 5) is 17.2. The third kappa shape index (κ3) is 3.09. The number of fused-ring (bicyclic) bond motifs is 1. The lowest BCUT2D eigenvalue weighted by molar-refractivity contribution is 0.414. The lowest BCUT2D eigenvalue weighted by Crippen LogP contribution is -2.21. The van der Waals surface area contributed by atoms with Crippen molar-refractivity contribution in [3.63, 3.8) is 0 Å². The van der Waals surface area contributed by atoms with E-state index in [0.29, 0.717) is 17.4 Å². The number of H-pyrrole nitrogens is 1. The van der Waals surface area contributed by atoms with E-state index in [0.717, 1.165) is 28.9 Å². The number of ether oxygens (including phenoxy) is 1. The number of nitrogens with zero attached hydrogens (tertiary/aromatic N) is 3. The van der Waals surface area contributed by atoms with Crippen LogP contribution in [0, 0.1) is 0 Å². The number of methoxy groups -OCH3 is 1. The number of aryl methyl sites for hydroxylation is 2. The Labute approximate surface area is 150 Å². The van der Waals surface area contributed by atoms with Crippen LogP contribution in [-0.2, 0) is 13.0 Å². The van der Waals surface area contributed by atoms with Gasteiger partial charge in [0.2, 0.25) is 0 Å². The van der Waals surface area contributed by atoms with Crippen LogP contribution in [0.2, 0.25) is 0 Å². The molecule has 0 saturated carbocycles. The van der Waals surface area contributed by atoms with E-state index >= 15 is 0 Å². The van der Waals surface area contributed by atoms with Gasteiger partial charge in [-0.2, -0.15) is 5.10 Å². The van der Waals surface area contributed by atoms with Gasteiger partial charge in [0.15, 0.2) is 0 Å². The maximum atomic E-state index is 12.7. The van der Waals surface area contributed by atoms with E-state index in [4.69, 9.17) is 4.74 Å². The Bertz CT molecular complexity index is 1080. The van der Waals surface area contributed by atoms with Crippen LogP contribution in [-0.4, -0.2) is 26.9 Å². The minimum Gasteiger partial charge on any atom is -0.497 e. The second kappa shape index (κ2) is 6.84. The van der Waals surface area contributed by atoms with Crippen molar-refractivity contribution in [1.29, 1.82) is 0 Å². The van der Waals surface area contributed by atoms with Crippen molar-refractivity contribution in [3.8, 4) is 16.9 Å². The van der Waals surface area contributed by atoms with Gasteiger partial charge in [0.25, 0.3) is 5.56 Å². The van der Waals surface area contributed by atoms with Crippen LogP contribution in [0.15, 0.2) is 66.0 Å². The standard InChI is InChI=1S/C20H18N4O2/c1-26-17-5-2-14(3-6-17)8-9-24-13-21-19-10-15(16-11-22-23-12-16)4-7-18(19)20(24)25/h2-7,10-13H,8-9H2,1H3,(H,22,23). The first-order valence-corrected chi connectivity index (χ1v) is 8.36. The average Bonchev–Trinajstić information content (AvgIpc) is 3.22. The van der Waals surface area contributed by atoms with Crippen molar-refractivity contribution in [2.45, 2.75) is 13.0 Å². The molecule has 0 spiro atoms. The molecule has 0 amide bonds. The number of benzene rings is 2. The number of hydrogen-bond donors (Lipinski definition) is 1. The second-order valence-electron chi connectivity index (χ2n) is 6.06. The zero-order valence-corrected chi connectivity index (χ0v) is 14.3. The summed E-state index contributed by atoms with van der Waals surface area (Å²) in [5.41, 5.74) is 3.76. The molecular formula is C20H18N4O2. The van der Waals surface area contributed by atoms with Crippen LogP contribution in [0.1, 0.15) is 5.56 Å². The molecule has 0 saturated heterocycles. The molecule has 0 fully saturated rings. The number of nitrogens with one attached hydrogen (secondary N) is 1. The van der Waals surface area contributed by atoms with E-state index in [2.05, 4.69) is 15.2 Å². The number of aromatic nitrogens is 4. The van der Waals surface area contributed by atoms with E-state index in [1.54, 1.807) is 24.2 Å². The summed E-state index contributed by atoms with van der Waals surface area (Å²) >= 11 is 0. The largest absolute Gasteiger partial charge is 0.497 e. The fourth-order valence-corrected chi connectivity index (χ4v) is 2.95. The minimum absolute atomic E-state index is 0.0257. The Morgan fingerprint density at radius 1 is 1.12 bits per heavy atom. The molecule has 26 heavy (non-hydrogen) atoms. The van der Waals surface area contributed by atoms with Gasteiger partial charge >= 0.3 is 0 Å². The lowest BCUT2D eigenvalue weighted by atomic mass is 10.1. The van der Waals surface area contributed by atoms with Gasteiger partial charge in [0, 0.05) is 18.3 Å². The zero-order valence-electron chi connectivity index (χ0n) is 14.3. The van der Waals surface area contributed by atoms with Crippen molar-refractivity contribution in [2.24, 2.45) is 0 Å². The van der Waals surface area contributed by atoms with Gasteiger partial charge in [-0.05, 0) is 41.8 Å². The highest BCUT2D eigenvalue weighted by atomic mass is 16.5. The zero-order chi connectivity index (χ0) is 17.9. The molecule has 0 unspecified atom stereocenters. The molecule has 0 atom stereocenters. The van der Waals surface area contributed by atoms with Gasteiger partial charge in [-0.3, -0.25) is 14.5 Å². The van der Waals surface area contributed by atoms with Crippen LogP contribution >= 0.6 is 0 Å². The Hall–Kier alpha value is -3.41. The summed E-state index contributed by atoms with van der Waals surface area (Å²) in [6.45, 7) is 0.581. The monoisotopic (exact) mass is 346 g/mol. The summed E-state index contributed by atoms with van der Waals surface area (Å²) in [5.74, 6) is 0.826. The summed E-state index contributed by atoms with van der Waals surface area (Å²) in [5, 5.41) is 7.37. The van der Waals surface area contributed by atoms with E-state index < -0.39 is 0 Å². The van der Waals surface area contributed by atoms with Crippen LogP contribution in [0.5, 0.6) is 5.75 Å². The summed E-state index contributed by atoms with van der Waals surface area (Å²) in [7, 11) is 1.65. The van der Waals surface area contributed by atoms with Gasteiger partial charge in [0.05, 0.1) is 30.5 Å². The quantitative estimate of drug-likeness (QED) is 0.603. The van der Waals surface area contributed by atoms with Crippen LogP contribution in [0.4, 0.5) is 0 Å². The number of rotatable bonds is 5. The molecule has 4 rings (SSSR count). The van der Waals surface area contributed by atoms with Crippen molar-refractivity contribution in [3.05, 3.63) is 77.1 Å². The highest BCUT2D eigenvalue weighted by Crippen LogP contribution is 2.20.